The van der Waals surface area contributed by atoms with Crippen LogP contribution in [0.1, 0.15) is 13.8 Å². The molecule has 0 saturated carbocycles. The summed E-state index contributed by atoms with van der Waals surface area (Å²) >= 11 is 10.9. The number of hydrogen-bond donors (Lipinski definition) is 2. The van der Waals surface area contributed by atoms with E-state index in [2.05, 4.69) is 15.4 Å². The van der Waals surface area contributed by atoms with Crippen molar-refractivity contribution in [3.8, 4) is 0 Å². The molecular weight excluding hydrogens is 345 g/mol. The van der Waals surface area contributed by atoms with Crippen LogP contribution in [0.15, 0.2) is 18.2 Å². The number of likely N-dealkylation sites (N-methyl/N-ethyl adjacent to an activating group) is 1. The quantitative estimate of drug-likeness (QED) is 0.786. The van der Waals surface area contributed by atoms with Crippen molar-refractivity contribution >= 4 is 46.6 Å². The zero-order valence-corrected chi connectivity index (χ0v) is 14.3. The Labute approximate surface area is 143 Å². The molecule has 6 nitrogen and oxygen atoms in total. The van der Waals surface area contributed by atoms with E-state index >= 15 is 0 Å². The highest BCUT2D eigenvalue weighted by molar-refractivity contribution is 7.80. The van der Waals surface area contributed by atoms with Crippen LogP contribution in [-0.4, -0.2) is 41.7 Å². The van der Waals surface area contributed by atoms with E-state index in [0.717, 1.165) is 0 Å². The maximum Gasteiger partial charge on any atom is 0.413 e. The number of benzene rings is 1. The highest BCUT2D eigenvalue weighted by Crippen LogP contribution is 2.19. The summed E-state index contributed by atoms with van der Waals surface area (Å²) in [6.45, 7) is 3.90. The molecule has 0 aliphatic rings. The van der Waals surface area contributed by atoms with Crippen molar-refractivity contribution in [2.75, 3.05) is 25.0 Å². The van der Waals surface area contributed by atoms with Gasteiger partial charge in [-0.2, -0.15) is 0 Å². The van der Waals surface area contributed by atoms with Crippen LogP contribution in [0.25, 0.3) is 0 Å². The minimum Gasteiger partial charge on any atom is -0.450 e. The standard InChI is InChI=1S/C14H17ClFN3O3S/c1-3-19(8-12(20)18-14(21)22-4-2)13(23)17-9-5-6-11(16)10(15)7-9/h5-7H,3-4,8H2,1-2H3,(H,17,23)(H,18,20,21). The van der Waals surface area contributed by atoms with Gasteiger partial charge in [0.2, 0.25) is 5.91 Å². The number of ether oxygens (including phenoxy) is 1. The normalized spacial score (nSPS) is 9.91. The van der Waals surface area contributed by atoms with Crippen LogP contribution >= 0.6 is 23.8 Å². The van der Waals surface area contributed by atoms with Gasteiger partial charge in [0.25, 0.3) is 0 Å². The van der Waals surface area contributed by atoms with E-state index < -0.39 is 17.8 Å². The van der Waals surface area contributed by atoms with Gasteiger partial charge in [-0.05, 0) is 44.3 Å². The lowest BCUT2D eigenvalue weighted by Gasteiger charge is -2.23. The molecule has 126 valence electrons. The molecule has 0 bridgehead atoms. The molecule has 2 N–H and O–H groups in total. The molecule has 23 heavy (non-hydrogen) atoms. The average molecular weight is 362 g/mol. The molecule has 0 aliphatic carbocycles. The number of hydrogen-bond acceptors (Lipinski definition) is 4. The van der Waals surface area contributed by atoms with Crippen LogP contribution < -0.4 is 10.6 Å². The molecule has 2 amide bonds. The number of anilines is 1. The van der Waals surface area contributed by atoms with Gasteiger partial charge < -0.3 is 15.0 Å². The largest absolute Gasteiger partial charge is 0.450 e. The second-order valence-corrected chi connectivity index (χ2v) is 5.14. The molecule has 0 spiro atoms. The Morgan fingerprint density at radius 3 is 2.65 bits per heavy atom. The zero-order valence-electron chi connectivity index (χ0n) is 12.7. The molecule has 0 aromatic heterocycles. The number of imide groups is 1. The number of carbonyl (C=O) groups excluding carboxylic acids is 2. The smallest absolute Gasteiger partial charge is 0.413 e. The van der Waals surface area contributed by atoms with Gasteiger partial charge >= 0.3 is 6.09 Å². The third kappa shape index (κ3) is 6.37. The van der Waals surface area contributed by atoms with Gasteiger partial charge in [0.1, 0.15) is 5.82 Å². The van der Waals surface area contributed by atoms with Crippen molar-refractivity contribution in [1.29, 1.82) is 0 Å². The number of rotatable bonds is 5. The Balaban J connectivity index is 2.62. The fraction of sp³-hybridized carbons (Fsp3) is 0.357. The predicted molar refractivity (Wildman–Crippen MR) is 90.0 cm³/mol. The summed E-state index contributed by atoms with van der Waals surface area (Å²) in [5.41, 5.74) is 0.491. The summed E-state index contributed by atoms with van der Waals surface area (Å²) in [6.07, 6.45) is -0.808. The number of thiocarbonyl (C=S) groups is 1. The molecule has 1 rings (SSSR count). The molecule has 1 aromatic rings. The van der Waals surface area contributed by atoms with E-state index in [1.54, 1.807) is 13.8 Å². The van der Waals surface area contributed by atoms with Crippen LogP contribution in [-0.2, 0) is 9.53 Å². The molecule has 0 saturated heterocycles. The molecule has 0 radical (unpaired) electrons. The van der Waals surface area contributed by atoms with Crippen molar-refractivity contribution in [3.05, 3.63) is 29.0 Å². The van der Waals surface area contributed by atoms with Crippen molar-refractivity contribution in [2.24, 2.45) is 0 Å². The summed E-state index contributed by atoms with van der Waals surface area (Å²) in [5.74, 6) is -1.09. The summed E-state index contributed by atoms with van der Waals surface area (Å²) in [5, 5.41) is 5.14. The predicted octanol–water partition coefficient (Wildman–Crippen LogP) is 2.77. The lowest BCUT2D eigenvalue weighted by Crippen LogP contribution is -2.44. The molecule has 0 atom stereocenters. The molecule has 0 heterocycles. The van der Waals surface area contributed by atoms with E-state index in [9.17, 15) is 14.0 Å². The summed E-state index contributed by atoms with van der Waals surface area (Å²) in [7, 11) is 0. The first kappa shape index (κ1) is 19.1. The zero-order chi connectivity index (χ0) is 17.4. The van der Waals surface area contributed by atoms with Crippen molar-refractivity contribution < 1.29 is 18.7 Å². The van der Waals surface area contributed by atoms with E-state index in [0.29, 0.717) is 12.2 Å². The summed E-state index contributed by atoms with van der Waals surface area (Å²) < 4.78 is 17.7. The number of nitrogens with zero attached hydrogens (tertiary/aromatic N) is 1. The fourth-order valence-corrected chi connectivity index (χ4v) is 2.09. The first-order valence-electron chi connectivity index (χ1n) is 6.84. The Kier molecular flexibility index (Phi) is 7.70. The van der Waals surface area contributed by atoms with Crippen molar-refractivity contribution in [1.82, 2.24) is 10.2 Å². The van der Waals surface area contributed by atoms with Crippen molar-refractivity contribution in [2.45, 2.75) is 13.8 Å². The first-order valence-corrected chi connectivity index (χ1v) is 7.63. The van der Waals surface area contributed by atoms with Crippen LogP contribution in [0.4, 0.5) is 14.9 Å². The van der Waals surface area contributed by atoms with E-state index in [1.165, 1.54) is 23.1 Å². The molecule has 0 aliphatic heterocycles. The third-order valence-corrected chi connectivity index (χ3v) is 3.34. The number of halogens is 2. The maximum atomic E-state index is 13.1. The van der Waals surface area contributed by atoms with Gasteiger partial charge in [-0.15, -0.1) is 0 Å². The van der Waals surface area contributed by atoms with Crippen LogP contribution in [0, 0.1) is 5.82 Å². The van der Waals surface area contributed by atoms with Gasteiger partial charge in [-0.3, -0.25) is 10.1 Å². The van der Waals surface area contributed by atoms with Gasteiger partial charge in [0.05, 0.1) is 18.2 Å². The Hall–Kier alpha value is -1.93. The topological polar surface area (TPSA) is 70.7 Å². The number of nitrogens with one attached hydrogen (secondary N) is 2. The fourth-order valence-electron chi connectivity index (χ4n) is 1.60. The Bertz CT molecular complexity index is 601. The third-order valence-electron chi connectivity index (χ3n) is 2.69. The van der Waals surface area contributed by atoms with Crippen LogP contribution in [0.5, 0.6) is 0 Å². The first-order chi connectivity index (χ1) is 10.9. The highest BCUT2D eigenvalue weighted by Gasteiger charge is 2.15. The minimum atomic E-state index is -0.808. The summed E-state index contributed by atoms with van der Waals surface area (Å²) in [4.78, 5) is 24.5. The van der Waals surface area contributed by atoms with E-state index in [1.807, 2.05) is 0 Å². The SMILES string of the molecule is CCOC(=O)NC(=O)CN(CC)C(=S)Nc1ccc(F)c(Cl)c1. The number of amides is 2. The lowest BCUT2D eigenvalue weighted by atomic mass is 10.3. The minimum absolute atomic E-state index is 0.0408. The molecule has 0 unspecified atom stereocenters. The van der Waals surface area contributed by atoms with Gasteiger partial charge in [0.15, 0.2) is 5.11 Å². The van der Waals surface area contributed by atoms with E-state index in [-0.39, 0.29) is 23.3 Å². The highest BCUT2D eigenvalue weighted by atomic mass is 35.5. The van der Waals surface area contributed by atoms with Crippen LogP contribution in [0.3, 0.4) is 0 Å². The maximum absolute atomic E-state index is 13.1. The molecule has 0 fully saturated rings. The number of alkyl carbamates (subject to hydrolysis) is 1. The van der Waals surface area contributed by atoms with Crippen molar-refractivity contribution in [3.63, 3.8) is 0 Å². The second kappa shape index (κ2) is 9.26. The Morgan fingerprint density at radius 2 is 2.09 bits per heavy atom. The average Bonchev–Trinajstić information content (AvgIpc) is 2.48. The second-order valence-electron chi connectivity index (χ2n) is 4.34. The Morgan fingerprint density at radius 1 is 1.39 bits per heavy atom. The van der Waals surface area contributed by atoms with Crippen LogP contribution in [0.2, 0.25) is 5.02 Å². The summed E-state index contributed by atoms with van der Waals surface area (Å²) in [6, 6.07) is 4.06. The molecular formula is C14H17ClFN3O3S. The van der Waals surface area contributed by atoms with Gasteiger partial charge in [-0.25, -0.2) is 9.18 Å². The monoisotopic (exact) mass is 361 g/mol. The molecule has 9 heteroatoms. The van der Waals surface area contributed by atoms with Gasteiger partial charge in [0, 0.05) is 12.2 Å². The number of carbonyl (C=O) groups is 2. The molecule has 1 aromatic carbocycles. The van der Waals surface area contributed by atoms with Gasteiger partial charge in [-0.1, -0.05) is 11.6 Å². The van der Waals surface area contributed by atoms with E-state index in [4.69, 9.17) is 23.8 Å². The lowest BCUT2D eigenvalue weighted by molar-refractivity contribution is -0.120.